The van der Waals surface area contributed by atoms with Crippen molar-refractivity contribution >= 4 is 17.7 Å². The summed E-state index contributed by atoms with van der Waals surface area (Å²) in [5.41, 5.74) is 13.6. The number of hydrogen-bond acceptors (Lipinski definition) is 5. The highest BCUT2D eigenvalue weighted by Crippen LogP contribution is 2.29. The zero-order chi connectivity index (χ0) is 21.7. The molecule has 2 aromatic carbocycles. The summed E-state index contributed by atoms with van der Waals surface area (Å²) in [7, 11) is 0. The van der Waals surface area contributed by atoms with Gasteiger partial charge in [-0.3, -0.25) is 4.79 Å². The van der Waals surface area contributed by atoms with Gasteiger partial charge in [0, 0.05) is 42.2 Å². The van der Waals surface area contributed by atoms with E-state index in [0.717, 1.165) is 0 Å². The van der Waals surface area contributed by atoms with E-state index in [1.54, 1.807) is 54.3 Å². The number of rotatable bonds is 5. The molecule has 1 saturated heterocycles. The van der Waals surface area contributed by atoms with Crippen LogP contribution in [0.1, 0.15) is 29.3 Å². The van der Waals surface area contributed by atoms with Gasteiger partial charge >= 0.3 is 0 Å². The summed E-state index contributed by atoms with van der Waals surface area (Å²) in [6.07, 6.45) is 4.35. The van der Waals surface area contributed by atoms with Crippen LogP contribution in [0.2, 0.25) is 0 Å². The summed E-state index contributed by atoms with van der Waals surface area (Å²) in [4.78, 5) is 18.6. The normalized spacial score (nSPS) is 17.7. The fraction of sp³-hybridized carbons (Fsp3) is 0.217. The molecule has 1 amide bonds. The van der Waals surface area contributed by atoms with Gasteiger partial charge in [0.15, 0.2) is 0 Å². The number of carbonyl (C=O) groups is 1. The topological polar surface area (TPSA) is 105 Å². The Morgan fingerprint density at radius 3 is 2.67 bits per heavy atom. The Kier molecular flexibility index (Phi) is 6.64. The van der Waals surface area contributed by atoms with Crippen LogP contribution in [0.25, 0.3) is 16.7 Å². The van der Waals surface area contributed by atoms with E-state index in [9.17, 15) is 14.3 Å². The van der Waals surface area contributed by atoms with E-state index in [1.165, 1.54) is 18.5 Å². The molecule has 1 atom stereocenters. The van der Waals surface area contributed by atoms with Crippen molar-refractivity contribution in [1.82, 2.24) is 4.90 Å². The van der Waals surface area contributed by atoms with Crippen LogP contribution in [0.15, 0.2) is 65.6 Å². The number of amides is 1. The van der Waals surface area contributed by atoms with Crippen molar-refractivity contribution in [1.29, 1.82) is 0 Å². The third-order valence-corrected chi connectivity index (χ3v) is 5.03. The first-order valence-electron chi connectivity index (χ1n) is 9.69. The number of aliphatic imine (C=N–C) groups is 1. The maximum atomic E-state index is 14.9. The number of aliphatic hydroxyl groups excluding tert-OH is 1. The fourth-order valence-corrected chi connectivity index (χ4v) is 3.36. The molecule has 0 spiro atoms. The lowest BCUT2D eigenvalue weighted by atomic mass is 9.96. The molecule has 1 aliphatic heterocycles. The number of nitrogens with two attached hydrogens (primary N) is 2. The molecule has 0 aromatic heterocycles. The standard InChI is InChI=1S/C23H25FN4O2/c1-2-22(26)27-13-16(12-25)19-8-7-15(11-21(19)24)18-5-3-4-6-20(18)23(30)28-10-9-17(29)14-28/h2-8,11-13,17,29H,9-10,14,25-26H2,1H3/b16-12+,22-2-,27-13-/t17-/m0/s1. The molecule has 30 heavy (non-hydrogen) atoms. The first-order valence-corrected chi connectivity index (χ1v) is 9.69. The SMILES string of the molecule is C\C=C(N)/N=C\C(=C/N)c1ccc(-c2ccccc2C(=O)N2CC[C@H](O)C2)cc1F. The van der Waals surface area contributed by atoms with E-state index in [-0.39, 0.29) is 11.5 Å². The van der Waals surface area contributed by atoms with Crippen LogP contribution in [0.4, 0.5) is 4.39 Å². The Balaban J connectivity index is 1.94. The van der Waals surface area contributed by atoms with Gasteiger partial charge in [-0.25, -0.2) is 9.38 Å². The third kappa shape index (κ3) is 4.58. The van der Waals surface area contributed by atoms with Crippen LogP contribution in [-0.4, -0.2) is 41.3 Å². The van der Waals surface area contributed by atoms with Crippen LogP contribution >= 0.6 is 0 Å². The van der Waals surface area contributed by atoms with Crippen molar-refractivity contribution in [3.05, 3.63) is 77.5 Å². The molecule has 0 radical (unpaired) electrons. The zero-order valence-electron chi connectivity index (χ0n) is 16.8. The highest BCUT2D eigenvalue weighted by molar-refractivity contribution is 6.10. The van der Waals surface area contributed by atoms with E-state index in [4.69, 9.17) is 11.5 Å². The summed E-state index contributed by atoms with van der Waals surface area (Å²) < 4.78 is 14.9. The molecule has 2 aromatic rings. The average molecular weight is 408 g/mol. The second-order valence-electron chi connectivity index (χ2n) is 7.03. The second-order valence-corrected chi connectivity index (χ2v) is 7.03. The summed E-state index contributed by atoms with van der Waals surface area (Å²) in [6, 6.07) is 11.8. The molecule has 0 saturated carbocycles. The molecule has 5 N–H and O–H groups in total. The molecule has 0 bridgehead atoms. The summed E-state index contributed by atoms with van der Waals surface area (Å²) in [5.74, 6) is -0.373. The molecule has 156 valence electrons. The summed E-state index contributed by atoms with van der Waals surface area (Å²) in [5, 5.41) is 9.74. The van der Waals surface area contributed by atoms with Crippen LogP contribution in [0.3, 0.4) is 0 Å². The molecule has 0 aliphatic carbocycles. The van der Waals surface area contributed by atoms with E-state index >= 15 is 0 Å². The predicted molar refractivity (Wildman–Crippen MR) is 117 cm³/mol. The molecule has 7 heteroatoms. The lowest BCUT2D eigenvalue weighted by Crippen LogP contribution is -2.29. The number of carbonyl (C=O) groups excluding carboxylic acids is 1. The van der Waals surface area contributed by atoms with Gasteiger partial charge in [0.2, 0.25) is 0 Å². The fourth-order valence-electron chi connectivity index (χ4n) is 3.36. The van der Waals surface area contributed by atoms with E-state index in [2.05, 4.69) is 4.99 Å². The Bertz CT molecular complexity index is 1030. The minimum atomic E-state index is -0.502. The van der Waals surface area contributed by atoms with E-state index < -0.39 is 11.9 Å². The van der Waals surface area contributed by atoms with Crippen molar-refractivity contribution in [2.75, 3.05) is 13.1 Å². The third-order valence-electron chi connectivity index (χ3n) is 5.03. The lowest BCUT2D eigenvalue weighted by molar-refractivity contribution is 0.0765. The number of halogens is 1. The van der Waals surface area contributed by atoms with E-state index in [1.807, 2.05) is 0 Å². The highest BCUT2D eigenvalue weighted by Gasteiger charge is 2.27. The van der Waals surface area contributed by atoms with Crippen molar-refractivity contribution in [3.63, 3.8) is 0 Å². The largest absolute Gasteiger partial charge is 0.404 e. The van der Waals surface area contributed by atoms with Crippen molar-refractivity contribution in [3.8, 4) is 11.1 Å². The minimum absolute atomic E-state index is 0.178. The molecule has 1 aliphatic rings. The van der Waals surface area contributed by atoms with Gasteiger partial charge in [-0.1, -0.05) is 30.3 Å². The van der Waals surface area contributed by atoms with E-state index in [0.29, 0.717) is 47.6 Å². The molecule has 1 fully saturated rings. The van der Waals surface area contributed by atoms with Crippen molar-refractivity contribution in [2.45, 2.75) is 19.4 Å². The number of allylic oxidation sites excluding steroid dienone is 2. The number of aliphatic hydroxyl groups is 1. The average Bonchev–Trinajstić information content (AvgIpc) is 3.20. The van der Waals surface area contributed by atoms with Gasteiger partial charge < -0.3 is 21.5 Å². The summed E-state index contributed by atoms with van der Waals surface area (Å²) >= 11 is 0. The predicted octanol–water partition coefficient (Wildman–Crippen LogP) is 2.89. The van der Waals surface area contributed by atoms with Crippen LogP contribution < -0.4 is 11.5 Å². The lowest BCUT2D eigenvalue weighted by Gasteiger charge is -2.18. The zero-order valence-corrected chi connectivity index (χ0v) is 16.8. The number of nitrogens with zero attached hydrogens (tertiary/aromatic N) is 2. The smallest absolute Gasteiger partial charge is 0.254 e. The van der Waals surface area contributed by atoms with Crippen molar-refractivity contribution in [2.24, 2.45) is 16.5 Å². The number of β-amino-alcohol motifs (C(OH)–C–C–N with tert-alkyl or cyclic N) is 1. The number of likely N-dealkylation sites (tertiary alicyclic amines) is 1. The van der Waals surface area contributed by atoms with Gasteiger partial charge in [0.05, 0.1) is 6.10 Å². The van der Waals surface area contributed by atoms with Crippen LogP contribution in [-0.2, 0) is 0 Å². The maximum Gasteiger partial charge on any atom is 0.254 e. The monoisotopic (exact) mass is 408 g/mol. The van der Waals surface area contributed by atoms with Crippen LogP contribution in [0.5, 0.6) is 0 Å². The van der Waals surface area contributed by atoms with Gasteiger partial charge in [-0.15, -0.1) is 0 Å². The molecular formula is C23H25FN4O2. The first-order chi connectivity index (χ1) is 14.4. The Morgan fingerprint density at radius 1 is 1.27 bits per heavy atom. The molecule has 0 unspecified atom stereocenters. The highest BCUT2D eigenvalue weighted by atomic mass is 19.1. The van der Waals surface area contributed by atoms with Gasteiger partial charge in [0.25, 0.3) is 5.91 Å². The maximum absolute atomic E-state index is 14.9. The van der Waals surface area contributed by atoms with Gasteiger partial charge in [0.1, 0.15) is 11.6 Å². The molecule has 1 heterocycles. The van der Waals surface area contributed by atoms with Crippen LogP contribution in [0, 0.1) is 5.82 Å². The molecular weight excluding hydrogens is 383 g/mol. The first kappa shape index (κ1) is 21.3. The van der Waals surface area contributed by atoms with Gasteiger partial charge in [-0.2, -0.15) is 0 Å². The van der Waals surface area contributed by atoms with Crippen molar-refractivity contribution < 1.29 is 14.3 Å². The number of benzene rings is 2. The molecule has 3 rings (SSSR count). The van der Waals surface area contributed by atoms with Gasteiger partial charge in [-0.05, 0) is 42.7 Å². The minimum Gasteiger partial charge on any atom is -0.404 e. The molecule has 6 nitrogen and oxygen atoms in total. The summed E-state index contributed by atoms with van der Waals surface area (Å²) in [6.45, 7) is 2.55. The number of hydrogen-bond donors (Lipinski definition) is 3. The Hall–Kier alpha value is -3.45. The Morgan fingerprint density at radius 2 is 2.03 bits per heavy atom. The second kappa shape index (κ2) is 9.37. The Labute approximate surface area is 175 Å². The quantitative estimate of drug-likeness (QED) is 0.662.